The van der Waals surface area contributed by atoms with Crippen molar-refractivity contribution in [2.24, 2.45) is 0 Å². The topological polar surface area (TPSA) is 68.0 Å². The van der Waals surface area contributed by atoms with Crippen molar-refractivity contribution in [3.8, 4) is 11.5 Å². The van der Waals surface area contributed by atoms with Crippen molar-refractivity contribution in [1.29, 1.82) is 0 Å². The number of benzene rings is 1. The molecule has 0 atom stereocenters. The lowest BCUT2D eigenvalue weighted by molar-refractivity contribution is -0.121. The second-order valence-corrected chi connectivity index (χ2v) is 5.66. The van der Waals surface area contributed by atoms with Crippen LogP contribution in [-0.4, -0.2) is 16.1 Å². The van der Waals surface area contributed by atoms with Gasteiger partial charge in [-0.05, 0) is 17.5 Å². The van der Waals surface area contributed by atoms with E-state index in [1.807, 2.05) is 16.8 Å². The number of hydrogen-bond acceptors (Lipinski definition) is 5. The number of nitrogens with zero attached hydrogens (tertiary/aromatic N) is 2. The molecule has 1 aromatic carbocycles. The molecule has 0 aliphatic heterocycles. The molecular weight excluding hydrogens is 317 g/mol. The number of carbonyl (C=O) groups excluding carboxylic acids is 1. The maximum absolute atomic E-state index is 13.4. The maximum Gasteiger partial charge on any atom is 0.248 e. The Balaban J connectivity index is 1.49. The zero-order valence-corrected chi connectivity index (χ0v) is 13.0. The van der Waals surface area contributed by atoms with Crippen molar-refractivity contribution < 1.29 is 13.6 Å². The molecular formula is C16H14FN3O2S. The first kappa shape index (κ1) is 15.4. The van der Waals surface area contributed by atoms with Crippen molar-refractivity contribution in [2.75, 3.05) is 0 Å². The van der Waals surface area contributed by atoms with Crippen LogP contribution in [0, 0.1) is 5.82 Å². The number of carbonyl (C=O) groups is 1. The predicted octanol–water partition coefficient (Wildman–Crippen LogP) is 3.19. The van der Waals surface area contributed by atoms with Gasteiger partial charge < -0.3 is 9.73 Å². The van der Waals surface area contributed by atoms with Gasteiger partial charge in [-0.3, -0.25) is 4.79 Å². The summed E-state index contributed by atoms with van der Waals surface area (Å²) < 4.78 is 18.9. The van der Waals surface area contributed by atoms with Crippen LogP contribution in [0.4, 0.5) is 4.39 Å². The molecule has 0 radical (unpaired) electrons. The van der Waals surface area contributed by atoms with E-state index in [0.717, 1.165) is 5.56 Å². The van der Waals surface area contributed by atoms with Crippen LogP contribution in [0.2, 0.25) is 0 Å². The second-order valence-electron chi connectivity index (χ2n) is 4.88. The van der Waals surface area contributed by atoms with Crippen LogP contribution in [0.5, 0.6) is 0 Å². The molecule has 1 amide bonds. The minimum atomic E-state index is -0.329. The van der Waals surface area contributed by atoms with Crippen LogP contribution in [0.15, 0.2) is 45.5 Å². The van der Waals surface area contributed by atoms with Gasteiger partial charge in [-0.15, -0.1) is 10.2 Å². The molecule has 0 saturated carbocycles. The number of hydrogen-bond donors (Lipinski definition) is 1. The van der Waals surface area contributed by atoms with Crippen molar-refractivity contribution in [3.05, 3.63) is 58.4 Å². The summed E-state index contributed by atoms with van der Waals surface area (Å²) in [6, 6.07) is 8.24. The molecule has 7 heteroatoms. The third-order valence-electron chi connectivity index (χ3n) is 3.23. The second kappa shape index (κ2) is 7.15. The van der Waals surface area contributed by atoms with Crippen LogP contribution in [-0.2, 0) is 17.8 Å². The fraction of sp³-hybridized carbons (Fsp3) is 0.188. The molecule has 0 bridgehead atoms. The molecule has 1 N–H and O–H groups in total. The van der Waals surface area contributed by atoms with Gasteiger partial charge in [-0.25, -0.2) is 4.39 Å². The van der Waals surface area contributed by atoms with Crippen LogP contribution in [0.25, 0.3) is 11.5 Å². The van der Waals surface area contributed by atoms with E-state index in [1.165, 1.54) is 6.07 Å². The highest BCUT2D eigenvalue weighted by Gasteiger charge is 2.11. The van der Waals surface area contributed by atoms with Gasteiger partial charge >= 0.3 is 0 Å². The first-order valence-electron chi connectivity index (χ1n) is 7.07. The molecule has 2 heterocycles. The first-order chi connectivity index (χ1) is 11.2. The molecule has 3 aromatic rings. The van der Waals surface area contributed by atoms with Gasteiger partial charge in [0.1, 0.15) is 5.82 Å². The third-order valence-corrected chi connectivity index (χ3v) is 3.92. The molecule has 5 nitrogen and oxygen atoms in total. The van der Waals surface area contributed by atoms with Gasteiger partial charge in [-0.1, -0.05) is 18.2 Å². The van der Waals surface area contributed by atoms with Crippen LogP contribution >= 0.6 is 11.3 Å². The minimum Gasteiger partial charge on any atom is -0.421 e. The van der Waals surface area contributed by atoms with E-state index in [9.17, 15) is 9.18 Å². The summed E-state index contributed by atoms with van der Waals surface area (Å²) in [6.07, 6.45) is 0.556. The fourth-order valence-electron chi connectivity index (χ4n) is 2.00. The molecule has 0 saturated heterocycles. The standard InChI is InChI=1S/C16H14FN3O2S/c17-13-4-2-1-3-11(13)9-18-14(21)5-6-15-19-20-16(22-15)12-7-8-23-10-12/h1-4,7-8,10H,5-6,9H2,(H,18,21). The van der Waals surface area contributed by atoms with E-state index in [1.54, 1.807) is 29.5 Å². The lowest BCUT2D eigenvalue weighted by Gasteiger charge is -2.05. The number of amides is 1. The number of aryl methyl sites for hydroxylation is 1. The van der Waals surface area contributed by atoms with Crippen molar-refractivity contribution in [3.63, 3.8) is 0 Å². The highest BCUT2D eigenvalue weighted by molar-refractivity contribution is 7.08. The third kappa shape index (κ3) is 4.01. The van der Waals surface area contributed by atoms with Crippen LogP contribution in [0.3, 0.4) is 0 Å². The highest BCUT2D eigenvalue weighted by atomic mass is 32.1. The average Bonchev–Trinajstić information content (AvgIpc) is 3.23. The lowest BCUT2D eigenvalue weighted by Crippen LogP contribution is -2.23. The molecule has 3 rings (SSSR count). The zero-order valence-electron chi connectivity index (χ0n) is 12.2. The quantitative estimate of drug-likeness (QED) is 0.753. The predicted molar refractivity (Wildman–Crippen MR) is 84.2 cm³/mol. The Labute approximate surface area is 136 Å². The molecule has 0 unspecified atom stereocenters. The highest BCUT2D eigenvalue weighted by Crippen LogP contribution is 2.20. The normalized spacial score (nSPS) is 10.7. The molecule has 23 heavy (non-hydrogen) atoms. The van der Waals surface area contributed by atoms with E-state index in [-0.39, 0.29) is 24.7 Å². The zero-order chi connectivity index (χ0) is 16.1. The van der Waals surface area contributed by atoms with E-state index in [2.05, 4.69) is 15.5 Å². The number of nitrogens with one attached hydrogen (secondary N) is 1. The molecule has 0 spiro atoms. The van der Waals surface area contributed by atoms with Crippen molar-refractivity contribution >= 4 is 17.2 Å². The smallest absolute Gasteiger partial charge is 0.248 e. The monoisotopic (exact) mass is 331 g/mol. The average molecular weight is 331 g/mol. The summed E-state index contributed by atoms with van der Waals surface area (Å²) in [5, 5.41) is 14.4. The minimum absolute atomic E-state index is 0.162. The van der Waals surface area contributed by atoms with Crippen molar-refractivity contribution in [1.82, 2.24) is 15.5 Å². The summed E-state index contributed by atoms with van der Waals surface area (Å²) in [7, 11) is 0. The Kier molecular flexibility index (Phi) is 4.77. The summed E-state index contributed by atoms with van der Waals surface area (Å²) in [5.74, 6) is 0.342. The number of thiophene rings is 1. The Morgan fingerprint density at radius 2 is 2.13 bits per heavy atom. The molecule has 2 aromatic heterocycles. The number of halogens is 1. The summed E-state index contributed by atoms with van der Waals surface area (Å²) in [6.45, 7) is 0.162. The van der Waals surface area contributed by atoms with Gasteiger partial charge in [-0.2, -0.15) is 11.3 Å². The number of aromatic nitrogens is 2. The van der Waals surface area contributed by atoms with Crippen LogP contribution < -0.4 is 5.32 Å². The Bertz CT molecular complexity index is 786. The summed E-state index contributed by atoms with van der Waals surface area (Å²) in [5.41, 5.74) is 1.33. The SMILES string of the molecule is O=C(CCc1nnc(-c2ccsc2)o1)NCc1ccccc1F. The van der Waals surface area contributed by atoms with Crippen LogP contribution in [0.1, 0.15) is 17.9 Å². The van der Waals surface area contributed by atoms with Gasteiger partial charge in [0.15, 0.2) is 0 Å². The number of rotatable bonds is 6. The fourth-order valence-corrected chi connectivity index (χ4v) is 2.63. The summed E-state index contributed by atoms with van der Waals surface area (Å²) >= 11 is 1.55. The first-order valence-corrected chi connectivity index (χ1v) is 8.02. The van der Waals surface area contributed by atoms with Gasteiger partial charge in [0.2, 0.25) is 17.7 Å². The summed E-state index contributed by atoms with van der Waals surface area (Å²) in [4.78, 5) is 11.8. The Hall–Kier alpha value is -2.54. The molecule has 0 aliphatic rings. The molecule has 118 valence electrons. The van der Waals surface area contributed by atoms with E-state index in [0.29, 0.717) is 23.8 Å². The maximum atomic E-state index is 13.4. The molecule has 0 aliphatic carbocycles. The van der Waals surface area contributed by atoms with E-state index < -0.39 is 0 Å². The Morgan fingerprint density at radius 3 is 2.91 bits per heavy atom. The molecule has 0 fully saturated rings. The Morgan fingerprint density at radius 1 is 1.26 bits per heavy atom. The van der Waals surface area contributed by atoms with E-state index >= 15 is 0 Å². The van der Waals surface area contributed by atoms with E-state index in [4.69, 9.17) is 4.42 Å². The van der Waals surface area contributed by atoms with Gasteiger partial charge in [0.05, 0.1) is 0 Å². The lowest BCUT2D eigenvalue weighted by atomic mass is 10.2. The van der Waals surface area contributed by atoms with Crippen molar-refractivity contribution in [2.45, 2.75) is 19.4 Å². The van der Waals surface area contributed by atoms with Gasteiger partial charge in [0, 0.05) is 35.9 Å². The largest absolute Gasteiger partial charge is 0.421 e. The van der Waals surface area contributed by atoms with Gasteiger partial charge in [0.25, 0.3) is 0 Å².